The Balaban J connectivity index is 1.55. The van der Waals surface area contributed by atoms with Crippen LogP contribution in [0.25, 0.3) is 5.69 Å². The second kappa shape index (κ2) is 11.2. The largest absolute Gasteiger partial charge is 0.508 e. The highest BCUT2D eigenvalue weighted by molar-refractivity contribution is 6.58. The van der Waals surface area contributed by atoms with Gasteiger partial charge in [0.1, 0.15) is 22.9 Å². The summed E-state index contributed by atoms with van der Waals surface area (Å²) in [7, 11) is 2.35. The maximum atomic E-state index is 15.3. The molecule has 260 valence electrons. The zero-order valence-corrected chi connectivity index (χ0v) is 27.0. The Morgan fingerprint density at radius 1 is 0.820 bits per heavy atom. The van der Waals surface area contributed by atoms with Crippen molar-refractivity contribution in [1.82, 2.24) is 13.9 Å². The molecule has 1 saturated carbocycles. The number of nitrogens with zero attached hydrogens (tertiary/aromatic N) is 4. The number of anilines is 1. The number of halogens is 7. The minimum Gasteiger partial charge on any atom is -0.508 e. The van der Waals surface area contributed by atoms with Crippen LogP contribution in [0.3, 0.4) is 0 Å². The van der Waals surface area contributed by atoms with Crippen LogP contribution in [0, 0.1) is 29.1 Å². The Labute approximate surface area is 286 Å². The van der Waals surface area contributed by atoms with Crippen molar-refractivity contribution in [3.05, 3.63) is 110 Å². The smallest absolute Gasteiger partial charge is 0.352 e. The Hall–Kier alpha value is -5.09. The van der Waals surface area contributed by atoms with Gasteiger partial charge in [0.05, 0.1) is 32.5 Å². The lowest BCUT2D eigenvalue weighted by Crippen LogP contribution is -2.59. The molecule has 0 spiro atoms. The first-order chi connectivity index (χ1) is 23.6. The normalized spacial score (nSPS) is 24.1. The molecule has 3 aromatic carbocycles. The van der Waals surface area contributed by atoms with Crippen molar-refractivity contribution in [2.24, 2.45) is 0 Å². The minimum atomic E-state index is -2.85. The number of phenolic OH excluding ortho intramolecular Hbond substituents is 1. The average molecular weight is 739 g/mol. The van der Waals surface area contributed by atoms with Crippen LogP contribution in [0.5, 0.6) is 17.2 Å². The number of para-hydroxylation sites is 1. The van der Waals surface area contributed by atoms with Crippen LogP contribution in [0.4, 0.5) is 27.6 Å². The summed E-state index contributed by atoms with van der Waals surface area (Å²) < 4.78 is 87.4. The number of carbonyl (C=O) groups is 2. The number of benzene rings is 3. The van der Waals surface area contributed by atoms with Gasteiger partial charge in [-0.2, -0.15) is 0 Å². The lowest BCUT2D eigenvalue weighted by atomic mass is 9.64. The van der Waals surface area contributed by atoms with E-state index in [0.717, 1.165) is 26.1 Å². The molecule has 4 atom stereocenters. The molecule has 1 aromatic heterocycles. The average Bonchev–Trinajstić information content (AvgIpc) is 3.44. The Bertz CT molecular complexity index is 2270. The van der Waals surface area contributed by atoms with Crippen LogP contribution in [0.15, 0.2) is 63.7 Å². The summed E-state index contributed by atoms with van der Waals surface area (Å²) in [6.07, 6.45) is 0.633. The maximum absolute atomic E-state index is 15.3. The van der Waals surface area contributed by atoms with Crippen LogP contribution in [0.1, 0.15) is 23.9 Å². The number of ether oxygens (including phenoxy) is 2. The summed E-state index contributed by atoms with van der Waals surface area (Å²) in [5.74, 6) is -18.4. The van der Waals surface area contributed by atoms with E-state index in [1.165, 1.54) is 32.4 Å². The number of aromatic hydroxyl groups is 1. The van der Waals surface area contributed by atoms with Crippen LogP contribution in [0.2, 0.25) is 0 Å². The van der Waals surface area contributed by atoms with Crippen molar-refractivity contribution in [2.75, 3.05) is 19.1 Å². The number of aromatic nitrogens is 3. The predicted octanol–water partition coefficient (Wildman–Crippen LogP) is 4.42. The summed E-state index contributed by atoms with van der Waals surface area (Å²) >= 11 is 14.3. The van der Waals surface area contributed by atoms with Gasteiger partial charge in [0.15, 0.2) is 33.0 Å². The second-order valence-electron chi connectivity index (χ2n) is 11.7. The van der Waals surface area contributed by atoms with Crippen LogP contribution < -0.4 is 25.8 Å². The van der Waals surface area contributed by atoms with Gasteiger partial charge in [0, 0.05) is 30.0 Å². The van der Waals surface area contributed by atoms with E-state index in [1.807, 2.05) is 0 Å². The molecule has 0 bridgehead atoms. The van der Waals surface area contributed by atoms with E-state index >= 15 is 8.78 Å². The molecule has 4 aromatic rings. The number of carbonyl (C=O) groups excluding carboxylic acids is 2. The summed E-state index contributed by atoms with van der Waals surface area (Å²) in [6, 6.07) is 8.61. The van der Waals surface area contributed by atoms with Gasteiger partial charge in [-0.25, -0.2) is 50.4 Å². The van der Waals surface area contributed by atoms with E-state index in [1.54, 1.807) is 18.2 Å². The van der Waals surface area contributed by atoms with Gasteiger partial charge < -0.3 is 14.6 Å². The number of fused-ring (bicyclic) bond motifs is 4. The van der Waals surface area contributed by atoms with E-state index in [0.29, 0.717) is 0 Å². The van der Waals surface area contributed by atoms with Crippen LogP contribution in [-0.2, 0) is 16.1 Å². The first-order valence-electron chi connectivity index (χ1n) is 14.6. The third-order valence-corrected chi connectivity index (χ3v) is 10.7. The van der Waals surface area contributed by atoms with Gasteiger partial charge in [-0.3, -0.25) is 9.59 Å². The molecule has 7 rings (SSSR count). The Kier molecular flexibility index (Phi) is 7.49. The van der Waals surface area contributed by atoms with Crippen molar-refractivity contribution in [1.29, 1.82) is 0 Å². The van der Waals surface area contributed by atoms with Crippen molar-refractivity contribution in [3.8, 4) is 22.9 Å². The summed E-state index contributed by atoms with van der Waals surface area (Å²) in [5, 5.41) is 10.4. The fraction of sp³-hybridized carbons (Fsp3) is 0.250. The van der Waals surface area contributed by atoms with E-state index in [2.05, 4.69) is 0 Å². The quantitative estimate of drug-likeness (QED) is 0.0804. The molecule has 2 fully saturated rings. The fourth-order valence-electron chi connectivity index (χ4n) is 7.15. The number of rotatable bonds is 5. The molecule has 4 unspecified atom stereocenters. The lowest BCUT2D eigenvalue weighted by Gasteiger charge is -2.49. The standard InChI is InChI=1S/C32H21Cl2F5N4O7/c1-49-17-10-14(44)11-18(50-2)19(17)20-15-8-9-40-29(47)41(13-6-4-3-5-7-13)30(48)43(40)16(15)12-31(33)27(45)42(28(46)32(20,31)34)26-24(38)22(36)21(35)23(37)25(26)39/h3-8,10-11,16,20,44H,9,12H2,1-2H3. The zero-order valence-electron chi connectivity index (χ0n) is 25.5. The highest BCUT2D eigenvalue weighted by atomic mass is 35.5. The number of amides is 2. The molecule has 1 N–H and O–H groups in total. The first kappa shape index (κ1) is 33.4. The summed E-state index contributed by atoms with van der Waals surface area (Å²) in [4.78, 5) is 50.6. The van der Waals surface area contributed by atoms with Gasteiger partial charge in [-0.05, 0) is 17.7 Å². The third-order valence-electron chi connectivity index (χ3n) is 9.32. The van der Waals surface area contributed by atoms with Gasteiger partial charge in [0.2, 0.25) is 5.82 Å². The van der Waals surface area contributed by atoms with E-state index in [4.69, 9.17) is 32.7 Å². The molecule has 0 radical (unpaired) electrons. The third kappa shape index (κ3) is 4.08. The Morgan fingerprint density at radius 2 is 1.38 bits per heavy atom. The van der Waals surface area contributed by atoms with Crippen molar-refractivity contribution in [3.63, 3.8) is 0 Å². The monoisotopic (exact) mass is 738 g/mol. The van der Waals surface area contributed by atoms with Crippen molar-refractivity contribution < 1.29 is 46.1 Å². The molecular formula is C32H21Cl2F5N4O7. The number of phenols is 1. The van der Waals surface area contributed by atoms with E-state index < -0.39 is 91.8 Å². The van der Waals surface area contributed by atoms with Gasteiger partial charge in [-0.1, -0.05) is 24.3 Å². The van der Waals surface area contributed by atoms with E-state index in [9.17, 15) is 37.5 Å². The Morgan fingerprint density at radius 3 is 1.94 bits per heavy atom. The molecule has 3 heterocycles. The van der Waals surface area contributed by atoms with Gasteiger partial charge in [0.25, 0.3) is 11.8 Å². The molecular weight excluding hydrogens is 718 g/mol. The molecule has 2 amide bonds. The molecule has 1 saturated heterocycles. The summed E-state index contributed by atoms with van der Waals surface area (Å²) in [5.41, 5.74) is -3.51. The molecule has 3 aliphatic rings. The SMILES string of the molecule is COc1cc(O)cc(OC)c1C1C2=CCn3c(=O)n(-c4ccccc4)c(=O)n3C2CC2(Cl)C(=O)N(c3c(F)c(F)c(F)c(F)c3F)C(=O)C12Cl. The number of allylic oxidation sites excluding steroid dienone is 2. The molecule has 18 heteroatoms. The molecule has 50 heavy (non-hydrogen) atoms. The first-order valence-corrected chi connectivity index (χ1v) is 15.3. The molecule has 11 nitrogen and oxygen atoms in total. The number of imide groups is 1. The maximum Gasteiger partial charge on any atom is 0.352 e. The van der Waals surface area contributed by atoms with Gasteiger partial charge >= 0.3 is 11.4 Å². The van der Waals surface area contributed by atoms with Crippen LogP contribution >= 0.6 is 23.2 Å². The summed E-state index contributed by atoms with van der Waals surface area (Å²) in [6.45, 7) is -0.301. The zero-order chi connectivity index (χ0) is 36.2. The number of hydrogen-bond acceptors (Lipinski definition) is 7. The number of hydrogen-bond donors (Lipinski definition) is 1. The van der Waals surface area contributed by atoms with E-state index in [-0.39, 0.29) is 39.8 Å². The molecule has 2 aliphatic heterocycles. The minimum absolute atomic E-state index is 0.0753. The van der Waals surface area contributed by atoms with Gasteiger partial charge in [-0.15, -0.1) is 23.2 Å². The topological polar surface area (TPSA) is 125 Å². The highest BCUT2D eigenvalue weighted by Crippen LogP contribution is 2.66. The number of alkyl halides is 2. The second-order valence-corrected chi connectivity index (χ2v) is 12.9. The molecule has 1 aliphatic carbocycles. The van der Waals surface area contributed by atoms with Crippen LogP contribution in [-0.4, -0.2) is 54.8 Å². The highest BCUT2D eigenvalue weighted by Gasteiger charge is 2.77. The van der Waals surface area contributed by atoms with Crippen molar-refractivity contribution >= 4 is 40.7 Å². The predicted molar refractivity (Wildman–Crippen MR) is 166 cm³/mol. The fourth-order valence-corrected chi connectivity index (χ4v) is 8.05. The number of methoxy groups -OCH3 is 2. The lowest BCUT2D eigenvalue weighted by molar-refractivity contribution is -0.122. The van der Waals surface area contributed by atoms with Crippen molar-refractivity contribution in [2.45, 2.75) is 34.7 Å².